The molecule has 0 aliphatic carbocycles. The molecule has 0 unspecified atom stereocenters. The maximum Gasteiger partial charge on any atom is 0.273 e. The lowest BCUT2D eigenvalue weighted by molar-refractivity contribution is -0.384. The Morgan fingerprint density at radius 2 is 1.59 bits per heavy atom. The average molecular weight is 473 g/mol. The molecule has 11 heteroatoms. The number of aryl methyl sites for hydroxylation is 1. The Labute approximate surface area is 190 Å². The van der Waals surface area contributed by atoms with Gasteiger partial charge in [-0.05, 0) is 61.6 Å². The van der Waals surface area contributed by atoms with Crippen LogP contribution in [-0.2, 0) is 10.0 Å². The molecule has 0 saturated heterocycles. The van der Waals surface area contributed by atoms with Crippen LogP contribution in [0.25, 0.3) is 0 Å². The Kier molecular flexibility index (Phi) is 6.91. The Bertz CT molecular complexity index is 1240. The van der Waals surface area contributed by atoms with Crippen molar-refractivity contribution in [3.05, 3.63) is 82.4 Å². The van der Waals surface area contributed by atoms with Crippen molar-refractivity contribution in [2.24, 2.45) is 0 Å². The summed E-state index contributed by atoms with van der Waals surface area (Å²) in [5.41, 5.74) is 2.33. The minimum Gasteiger partial charge on any atom is -0.494 e. The van der Waals surface area contributed by atoms with Gasteiger partial charge in [0.1, 0.15) is 5.75 Å². The summed E-state index contributed by atoms with van der Waals surface area (Å²) >= 11 is 5.28. The largest absolute Gasteiger partial charge is 0.494 e. The zero-order chi connectivity index (χ0) is 23.3. The smallest absolute Gasteiger partial charge is 0.273 e. The fourth-order valence-corrected chi connectivity index (χ4v) is 4.02. The van der Waals surface area contributed by atoms with Gasteiger partial charge in [-0.15, -0.1) is 0 Å². The first-order valence-corrected chi connectivity index (χ1v) is 11.2. The molecule has 3 aromatic rings. The number of rotatable bonds is 7. The first kappa shape index (κ1) is 23.0. The van der Waals surface area contributed by atoms with Crippen LogP contribution in [0.15, 0.2) is 71.6 Å². The van der Waals surface area contributed by atoms with E-state index in [-0.39, 0.29) is 21.4 Å². The molecule has 0 aliphatic heterocycles. The molecule has 0 aliphatic rings. The van der Waals surface area contributed by atoms with Gasteiger partial charge in [-0.1, -0.05) is 17.7 Å². The van der Waals surface area contributed by atoms with E-state index in [1.807, 2.05) is 6.92 Å². The highest BCUT2D eigenvalue weighted by Gasteiger charge is 2.14. The van der Waals surface area contributed by atoms with Crippen molar-refractivity contribution < 1.29 is 18.1 Å². The number of hydrogen-bond donors (Lipinski definition) is 3. The summed E-state index contributed by atoms with van der Waals surface area (Å²) in [6, 6.07) is 17.2. The molecule has 3 rings (SSSR count). The summed E-state index contributed by atoms with van der Waals surface area (Å²) in [5, 5.41) is 17.0. The topological polar surface area (TPSA) is 123 Å². The number of sulfonamides is 1. The van der Waals surface area contributed by atoms with E-state index in [1.54, 1.807) is 48.5 Å². The SMILES string of the molecule is COc1cc([N+](=O)[O-])ccc1NC(=S)Nc1ccc(NS(=O)(=O)c2ccc(C)cc2)cc1. The number of thiocarbonyl (C=S) groups is 1. The van der Waals surface area contributed by atoms with Crippen molar-refractivity contribution >= 4 is 50.1 Å². The van der Waals surface area contributed by atoms with Crippen LogP contribution in [0.4, 0.5) is 22.7 Å². The van der Waals surface area contributed by atoms with E-state index in [0.29, 0.717) is 17.1 Å². The number of hydrogen-bond acceptors (Lipinski definition) is 6. The highest BCUT2D eigenvalue weighted by atomic mass is 32.2. The molecular weight excluding hydrogens is 452 g/mol. The maximum absolute atomic E-state index is 12.5. The number of nitrogens with zero attached hydrogens (tertiary/aromatic N) is 1. The van der Waals surface area contributed by atoms with Crippen molar-refractivity contribution in [3.63, 3.8) is 0 Å². The van der Waals surface area contributed by atoms with Crippen LogP contribution in [0.5, 0.6) is 5.75 Å². The third-order valence-corrected chi connectivity index (χ3v) is 5.97. The standard InChI is InChI=1S/C21H20N4O5S2/c1-14-3-10-18(11-4-14)32(28,29)24-16-7-5-15(6-8-16)22-21(31)23-19-12-9-17(25(26)27)13-20(19)30-2/h3-13,24H,1-2H3,(H2,22,23,31). The van der Waals surface area contributed by atoms with Gasteiger partial charge >= 0.3 is 0 Å². The normalized spacial score (nSPS) is 10.8. The minimum atomic E-state index is -3.69. The van der Waals surface area contributed by atoms with E-state index in [1.165, 1.54) is 25.3 Å². The van der Waals surface area contributed by atoms with E-state index in [0.717, 1.165) is 5.56 Å². The summed E-state index contributed by atoms with van der Waals surface area (Å²) < 4.78 is 32.7. The molecule has 0 saturated carbocycles. The molecule has 9 nitrogen and oxygen atoms in total. The number of ether oxygens (including phenoxy) is 1. The van der Waals surface area contributed by atoms with Crippen LogP contribution < -0.4 is 20.1 Å². The molecule has 0 bridgehead atoms. The molecule has 0 spiro atoms. The van der Waals surface area contributed by atoms with E-state index < -0.39 is 14.9 Å². The molecule has 0 amide bonds. The van der Waals surface area contributed by atoms with Gasteiger partial charge in [-0.3, -0.25) is 14.8 Å². The highest BCUT2D eigenvalue weighted by molar-refractivity contribution is 7.92. The maximum atomic E-state index is 12.5. The third-order valence-electron chi connectivity index (χ3n) is 4.37. The van der Waals surface area contributed by atoms with Gasteiger partial charge < -0.3 is 15.4 Å². The molecule has 0 aromatic heterocycles. The van der Waals surface area contributed by atoms with Crippen molar-refractivity contribution in [3.8, 4) is 5.75 Å². The number of non-ortho nitro benzene ring substituents is 1. The molecular formula is C21H20N4O5S2. The van der Waals surface area contributed by atoms with E-state index in [2.05, 4.69) is 15.4 Å². The molecule has 3 aromatic carbocycles. The van der Waals surface area contributed by atoms with Crippen molar-refractivity contribution in [2.45, 2.75) is 11.8 Å². The number of nitro benzene ring substituents is 1. The number of methoxy groups -OCH3 is 1. The second-order valence-electron chi connectivity index (χ2n) is 6.72. The lowest BCUT2D eigenvalue weighted by Crippen LogP contribution is -2.19. The monoisotopic (exact) mass is 472 g/mol. The molecule has 166 valence electrons. The fourth-order valence-electron chi connectivity index (χ4n) is 2.73. The zero-order valence-electron chi connectivity index (χ0n) is 17.2. The molecule has 0 heterocycles. The van der Waals surface area contributed by atoms with Crippen LogP contribution >= 0.6 is 12.2 Å². The van der Waals surface area contributed by atoms with Gasteiger partial charge in [0.15, 0.2) is 5.11 Å². The van der Waals surface area contributed by atoms with Crippen LogP contribution in [0.3, 0.4) is 0 Å². The Morgan fingerprint density at radius 3 is 2.19 bits per heavy atom. The second-order valence-corrected chi connectivity index (χ2v) is 8.81. The zero-order valence-corrected chi connectivity index (χ0v) is 18.8. The number of nitrogens with one attached hydrogen (secondary N) is 3. The lowest BCUT2D eigenvalue weighted by atomic mass is 10.2. The van der Waals surface area contributed by atoms with Crippen LogP contribution in [0.2, 0.25) is 0 Å². The van der Waals surface area contributed by atoms with Gasteiger partial charge in [-0.2, -0.15) is 0 Å². The Morgan fingerprint density at radius 1 is 0.969 bits per heavy atom. The third kappa shape index (κ3) is 5.71. The molecule has 0 fully saturated rings. The van der Waals surface area contributed by atoms with Crippen LogP contribution in [0.1, 0.15) is 5.56 Å². The summed E-state index contributed by atoms with van der Waals surface area (Å²) in [7, 11) is -2.29. The van der Waals surface area contributed by atoms with Crippen molar-refractivity contribution in [1.82, 2.24) is 0 Å². The van der Waals surface area contributed by atoms with Gasteiger partial charge in [0.05, 0.1) is 28.7 Å². The molecule has 0 radical (unpaired) electrons. The predicted molar refractivity (Wildman–Crippen MR) is 128 cm³/mol. The van der Waals surface area contributed by atoms with Gasteiger partial charge in [0, 0.05) is 17.4 Å². The molecule has 32 heavy (non-hydrogen) atoms. The van der Waals surface area contributed by atoms with E-state index in [9.17, 15) is 18.5 Å². The lowest BCUT2D eigenvalue weighted by Gasteiger charge is -2.14. The first-order chi connectivity index (χ1) is 15.2. The van der Waals surface area contributed by atoms with E-state index in [4.69, 9.17) is 17.0 Å². The number of anilines is 3. The molecule has 0 atom stereocenters. The van der Waals surface area contributed by atoms with Gasteiger partial charge in [0.2, 0.25) is 0 Å². The van der Waals surface area contributed by atoms with Crippen LogP contribution in [-0.4, -0.2) is 25.6 Å². The van der Waals surface area contributed by atoms with Crippen LogP contribution in [0, 0.1) is 17.0 Å². The average Bonchev–Trinajstić information content (AvgIpc) is 2.75. The summed E-state index contributed by atoms with van der Waals surface area (Å²) in [6.07, 6.45) is 0. The summed E-state index contributed by atoms with van der Waals surface area (Å²) in [6.45, 7) is 1.88. The Balaban J connectivity index is 1.65. The number of nitro groups is 1. The van der Waals surface area contributed by atoms with Crippen molar-refractivity contribution in [1.29, 1.82) is 0 Å². The fraction of sp³-hybridized carbons (Fsp3) is 0.0952. The van der Waals surface area contributed by atoms with Gasteiger partial charge in [-0.25, -0.2) is 8.42 Å². The first-order valence-electron chi connectivity index (χ1n) is 9.28. The molecule has 3 N–H and O–H groups in total. The second kappa shape index (κ2) is 9.62. The minimum absolute atomic E-state index is 0.102. The van der Waals surface area contributed by atoms with E-state index >= 15 is 0 Å². The quantitative estimate of drug-likeness (QED) is 0.261. The highest BCUT2D eigenvalue weighted by Crippen LogP contribution is 2.29. The summed E-state index contributed by atoms with van der Waals surface area (Å²) in [5.74, 6) is 0.268. The predicted octanol–water partition coefficient (Wildman–Crippen LogP) is 4.52. The number of benzene rings is 3. The van der Waals surface area contributed by atoms with Crippen molar-refractivity contribution in [2.75, 3.05) is 22.5 Å². The van der Waals surface area contributed by atoms with Gasteiger partial charge in [0.25, 0.3) is 15.7 Å². The Hall–Kier alpha value is -3.70. The summed E-state index contributed by atoms with van der Waals surface area (Å²) in [4.78, 5) is 10.6.